The molecule has 0 aliphatic heterocycles. The zero-order chi connectivity index (χ0) is 43.5. The molecule has 0 radical (unpaired) electrons. The number of likely N-dealkylation sites (N-methyl/N-ethyl adjacent to an activating group) is 1. The first-order chi connectivity index (χ1) is 28.6. The van der Waals surface area contributed by atoms with Crippen molar-refractivity contribution in [1.82, 2.24) is 0 Å². The van der Waals surface area contributed by atoms with Crippen molar-refractivity contribution >= 4 is 17.9 Å². The fourth-order valence-electron chi connectivity index (χ4n) is 6.05. The van der Waals surface area contributed by atoms with E-state index in [9.17, 15) is 19.5 Å². The van der Waals surface area contributed by atoms with Crippen LogP contribution in [0.4, 0.5) is 0 Å². The van der Waals surface area contributed by atoms with Crippen LogP contribution < -0.4 is 0 Å². The summed E-state index contributed by atoms with van der Waals surface area (Å²) in [6, 6.07) is 0. The van der Waals surface area contributed by atoms with E-state index in [4.69, 9.17) is 18.9 Å². The van der Waals surface area contributed by atoms with E-state index >= 15 is 0 Å². The smallest absolute Gasteiger partial charge is 0.361 e. The molecule has 0 aliphatic carbocycles. The van der Waals surface area contributed by atoms with Gasteiger partial charge in [-0.15, -0.1) is 0 Å². The normalized spacial score (nSPS) is 13.4. The lowest BCUT2D eigenvalue weighted by Crippen LogP contribution is -2.40. The van der Waals surface area contributed by atoms with Crippen molar-refractivity contribution in [2.24, 2.45) is 0 Å². The number of nitrogens with zero attached hydrogens (tertiary/aromatic N) is 1. The van der Waals surface area contributed by atoms with Gasteiger partial charge in [0.05, 0.1) is 34.4 Å². The Labute approximate surface area is 361 Å². The van der Waals surface area contributed by atoms with Crippen LogP contribution in [0.5, 0.6) is 0 Å². The second kappa shape index (κ2) is 41.7. The van der Waals surface area contributed by atoms with Crippen LogP contribution in [0.3, 0.4) is 0 Å². The summed E-state index contributed by atoms with van der Waals surface area (Å²) in [7, 11) is 5.94. The molecule has 0 aliphatic rings. The molecule has 9 nitrogen and oxygen atoms in total. The van der Waals surface area contributed by atoms with Gasteiger partial charge in [0.2, 0.25) is 0 Å². The van der Waals surface area contributed by atoms with Gasteiger partial charge in [0.1, 0.15) is 13.2 Å². The standard InChI is InChI=1S/C50H87NO8/c1-6-8-10-12-14-16-18-20-22-23-24-25-27-29-31-33-35-37-39-41-48(53)59-46(45-58-50(49(54)55)56-43-42-51(3,4)5)44-57-47(52)40-38-36-34-32-30-28-26-21-19-17-15-13-11-9-7-2/h14-17,20-22,24-26,46,50H,6-13,18-19,23,27-45H2,1-5H3/p+1/b16-14-,17-15-,22-20-,25-24-,26-21-. The Balaban J connectivity index is 4.47. The Morgan fingerprint density at radius 3 is 1.36 bits per heavy atom. The second-order valence-corrected chi connectivity index (χ2v) is 16.7. The maximum absolute atomic E-state index is 12.8. The molecule has 0 bridgehead atoms. The number of carboxylic acids is 1. The lowest BCUT2D eigenvalue weighted by atomic mass is 10.1. The van der Waals surface area contributed by atoms with E-state index in [1.165, 1.54) is 51.4 Å². The topological polar surface area (TPSA) is 108 Å². The molecule has 59 heavy (non-hydrogen) atoms. The number of allylic oxidation sites excluding steroid dienone is 10. The average Bonchev–Trinajstić information content (AvgIpc) is 3.19. The van der Waals surface area contributed by atoms with Gasteiger partial charge in [-0.2, -0.15) is 0 Å². The van der Waals surface area contributed by atoms with Gasteiger partial charge < -0.3 is 28.5 Å². The van der Waals surface area contributed by atoms with Crippen LogP contribution in [-0.2, 0) is 33.3 Å². The number of carbonyl (C=O) groups excluding carboxylic acids is 2. The van der Waals surface area contributed by atoms with Gasteiger partial charge in [0.25, 0.3) is 6.29 Å². The number of rotatable bonds is 42. The molecule has 0 amide bonds. The van der Waals surface area contributed by atoms with E-state index in [0.29, 0.717) is 17.4 Å². The predicted octanol–water partition coefficient (Wildman–Crippen LogP) is 12.6. The molecule has 0 spiro atoms. The summed E-state index contributed by atoms with van der Waals surface area (Å²) in [5, 5.41) is 9.64. The summed E-state index contributed by atoms with van der Waals surface area (Å²) >= 11 is 0. The minimum atomic E-state index is -1.52. The van der Waals surface area contributed by atoms with Crippen LogP contribution in [0.25, 0.3) is 0 Å². The van der Waals surface area contributed by atoms with Crippen LogP contribution >= 0.6 is 0 Å². The third-order valence-corrected chi connectivity index (χ3v) is 9.75. The molecule has 0 rings (SSSR count). The van der Waals surface area contributed by atoms with Crippen molar-refractivity contribution in [3.8, 4) is 0 Å². The number of quaternary nitrogens is 1. The minimum Gasteiger partial charge on any atom is -0.477 e. The van der Waals surface area contributed by atoms with E-state index in [-0.39, 0.29) is 38.6 Å². The number of unbranched alkanes of at least 4 members (excludes halogenated alkanes) is 17. The molecule has 2 unspecified atom stereocenters. The Hall–Kier alpha value is -3.01. The Kier molecular flexibility index (Phi) is 39.6. The second-order valence-electron chi connectivity index (χ2n) is 16.7. The fraction of sp³-hybridized carbons (Fsp3) is 0.740. The van der Waals surface area contributed by atoms with E-state index in [1.807, 2.05) is 21.1 Å². The monoisotopic (exact) mass is 831 g/mol. The SMILES string of the molecule is CCCCC/C=C\C/C=C\C/C=C\CCCCCCCCC(=O)OC(COC(=O)CCCCCCC/C=C\C/C=C\CCCCC)COC(OCC[N+](C)(C)C)C(=O)O. The Bertz CT molecular complexity index is 1150. The van der Waals surface area contributed by atoms with E-state index in [2.05, 4.69) is 74.6 Å². The third-order valence-electron chi connectivity index (χ3n) is 9.75. The van der Waals surface area contributed by atoms with Crippen LogP contribution in [0.2, 0.25) is 0 Å². The zero-order valence-electron chi connectivity index (χ0n) is 38.4. The summed E-state index contributed by atoms with van der Waals surface area (Å²) in [5.74, 6) is -2.05. The van der Waals surface area contributed by atoms with Crippen molar-refractivity contribution in [2.75, 3.05) is 47.5 Å². The molecule has 0 aromatic rings. The molecule has 0 saturated carbocycles. The van der Waals surface area contributed by atoms with Crippen molar-refractivity contribution in [2.45, 2.75) is 193 Å². The number of carbonyl (C=O) groups is 3. The Morgan fingerprint density at radius 1 is 0.508 bits per heavy atom. The molecule has 0 aromatic heterocycles. The molecule has 0 saturated heterocycles. The van der Waals surface area contributed by atoms with E-state index in [1.54, 1.807) is 0 Å². The van der Waals surface area contributed by atoms with Crippen LogP contribution in [0, 0.1) is 0 Å². The average molecular weight is 831 g/mol. The number of carboxylic acid groups (broad SMARTS) is 1. The summed E-state index contributed by atoms with van der Waals surface area (Å²) in [6.45, 7) is 4.77. The highest BCUT2D eigenvalue weighted by Crippen LogP contribution is 2.13. The van der Waals surface area contributed by atoms with Gasteiger partial charge in [0.15, 0.2) is 6.10 Å². The van der Waals surface area contributed by atoms with Crippen LogP contribution in [-0.4, -0.2) is 87.4 Å². The summed E-state index contributed by atoms with van der Waals surface area (Å²) in [6.07, 6.45) is 47.0. The van der Waals surface area contributed by atoms with Gasteiger partial charge in [-0.3, -0.25) is 9.59 Å². The van der Waals surface area contributed by atoms with Gasteiger partial charge in [-0.05, 0) is 83.5 Å². The van der Waals surface area contributed by atoms with Gasteiger partial charge in [-0.25, -0.2) is 4.79 Å². The molecule has 0 aromatic carbocycles. The summed E-state index contributed by atoms with van der Waals surface area (Å²) in [5.41, 5.74) is 0. The highest BCUT2D eigenvalue weighted by Gasteiger charge is 2.25. The molecular formula is C50H88NO8+. The maximum Gasteiger partial charge on any atom is 0.361 e. The first-order valence-electron chi connectivity index (χ1n) is 23.5. The number of hydrogen-bond acceptors (Lipinski definition) is 7. The highest BCUT2D eigenvalue weighted by atomic mass is 16.7. The first kappa shape index (κ1) is 56.0. The van der Waals surface area contributed by atoms with Crippen molar-refractivity contribution in [3.63, 3.8) is 0 Å². The molecular weight excluding hydrogens is 743 g/mol. The molecule has 340 valence electrons. The number of hydrogen-bond donors (Lipinski definition) is 1. The number of aliphatic carboxylic acids is 1. The molecule has 0 heterocycles. The third kappa shape index (κ3) is 42.9. The quantitative estimate of drug-likeness (QED) is 0.0213. The molecule has 1 N–H and O–H groups in total. The molecule has 0 fully saturated rings. The molecule has 2 atom stereocenters. The van der Waals surface area contributed by atoms with Crippen LogP contribution in [0.1, 0.15) is 181 Å². The van der Waals surface area contributed by atoms with Crippen molar-refractivity contribution in [1.29, 1.82) is 0 Å². The number of esters is 2. The highest BCUT2D eigenvalue weighted by molar-refractivity contribution is 5.71. The molecule has 9 heteroatoms. The predicted molar refractivity (Wildman–Crippen MR) is 244 cm³/mol. The van der Waals surface area contributed by atoms with E-state index < -0.39 is 24.3 Å². The van der Waals surface area contributed by atoms with Crippen molar-refractivity contribution in [3.05, 3.63) is 60.8 Å². The van der Waals surface area contributed by atoms with Crippen molar-refractivity contribution < 1.29 is 42.9 Å². The first-order valence-corrected chi connectivity index (χ1v) is 23.5. The largest absolute Gasteiger partial charge is 0.477 e. The summed E-state index contributed by atoms with van der Waals surface area (Å²) in [4.78, 5) is 37.2. The zero-order valence-corrected chi connectivity index (χ0v) is 38.4. The van der Waals surface area contributed by atoms with Gasteiger partial charge >= 0.3 is 17.9 Å². The van der Waals surface area contributed by atoms with E-state index in [0.717, 1.165) is 96.3 Å². The van der Waals surface area contributed by atoms with Gasteiger partial charge in [-0.1, -0.05) is 145 Å². The Morgan fingerprint density at radius 2 is 0.915 bits per heavy atom. The maximum atomic E-state index is 12.8. The minimum absolute atomic E-state index is 0.180. The number of ether oxygens (including phenoxy) is 4. The lowest BCUT2D eigenvalue weighted by molar-refractivity contribution is -0.870. The fourth-order valence-corrected chi connectivity index (χ4v) is 6.05. The summed E-state index contributed by atoms with van der Waals surface area (Å²) < 4.78 is 22.7. The van der Waals surface area contributed by atoms with Crippen LogP contribution in [0.15, 0.2) is 60.8 Å². The van der Waals surface area contributed by atoms with Gasteiger partial charge in [0, 0.05) is 12.8 Å². The lowest BCUT2D eigenvalue weighted by Gasteiger charge is -2.25.